The fourth-order valence-corrected chi connectivity index (χ4v) is 3.14. The second kappa shape index (κ2) is 6.58. The van der Waals surface area contributed by atoms with E-state index in [1.54, 1.807) is 12.1 Å². The molecule has 0 aliphatic carbocycles. The van der Waals surface area contributed by atoms with Gasteiger partial charge in [0.15, 0.2) is 0 Å². The Hall–Kier alpha value is -1.39. The molecule has 0 aliphatic rings. The lowest BCUT2D eigenvalue weighted by molar-refractivity contribution is 0.614. The van der Waals surface area contributed by atoms with Crippen molar-refractivity contribution in [2.75, 3.05) is 18.5 Å². The molecule has 21 heavy (non-hydrogen) atoms. The number of anilines is 1. The van der Waals surface area contributed by atoms with Crippen molar-refractivity contribution in [1.82, 2.24) is 0 Å². The zero-order valence-electron chi connectivity index (χ0n) is 12.5. The van der Waals surface area contributed by atoms with Crippen molar-refractivity contribution in [3.8, 4) is 0 Å². The number of nitrogens with two attached hydrogens (primary N) is 1. The molecule has 0 saturated carbocycles. The summed E-state index contributed by atoms with van der Waals surface area (Å²) < 4.78 is 14.4. The van der Waals surface area contributed by atoms with Crippen LogP contribution in [0.5, 0.6) is 0 Å². The Morgan fingerprint density at radius 2 is 1.90 bits per heavy atom. The number of benzene rings is 2. The van der Waals surface area contributed by atoms with Crippen molar-refractivity contribution in [3.63, 3.8) is 0 Å². The number of aryl methyl sites for hydroxylation is 2. The summed E-state index contributed by atoms with van der Waals surface area (Å²) in [7, 11) is 1.99. The van der Waals surface area contributed by atoms with Crippen LogP contribution in [0.15, 0.2) is 40.9 Å². The number of likely N-dealkylation sites (N-methyl/N-ethyl adjacent to an activating group) is 1. The minimum atomic E-state index is -0.249. The predicted molar refractivity (Wildman–Crippen MR) is 90.2 cm³/mol. The summed E-state index contributed by atoms with van der Waals surface area (Å²) in [6, 6.07) is 10.9. The number of hydrogen-bond acceptors (Lipinski definition) is 2. The molecular weight excluding hydrogens is 331 g/mol. The van der Waals surface area contributed by atoms with Gasteiger partial charge in [-0.2, -0.15) is 0 Å². The molecule has 2 rings (SSSR count). The zero-order valence-corrected chi connectivity index (χ0v) is 14.1. The molecule has 1 atom stereocenters. The minimum absolute atomic E-state index is 0.0866. The molecule has 0 aliphatic heterocycles. The van der Waals surface area contributed by atoms with Crippen LogP contribution in [0.3, 0.4) is 0 Å². The van der Waals surface area contributed by atoms with E-state index in [4.69, 9.17) is 5.73 Å². The molecule has 0 spiro atoms. The van der Waals surface area contributed by atoms with Gasteiger partial charge < -0.3 is 10.6 Å². The van der Waals surface area contributed by atoms with Gasteiger partial charge in [0.25, 0.3) is 0 Å². The Labute approximate surface area is 133 Å². The molecular formula is C17H20BrFN2. The second-order valence-corrected chi connectivity index (χ2v) is 6.17. The van der Waals surface area contributed by atoms with E-state index in [9.17, 15) is 4.39 Å². The molecule has 2 aromatic rings. The Bertz CT molecular complexity index is 643. The maximum absolute atomic E-state index is 13.6. The lowest BCUT2D eigenvalue weighted by Crippen LogP contribution is -2.31. The fraction of sp³-hybridized carbons (Fsp3) is 0.294. The molecule has 2 nitrogen and oxygen atoms in total. The molecule has 4 heteroatoms. The van der Waals surface area contributed by atoms with Gasteiger partial charge in [0, 0.05) is 23.8 Å². The van der Waals surface area contributed by atoms with Gasteiger partial charge in [-0.25, -0.2) is 4.39 Å². The number of nitrogens with zero attached hydrogens (tertiary/aromatic N) is 1. The van der Waals surface area contributed by atoms with Crippen molar-refractivity contribution in [2.24, 2.45) is 5.73 Å². The van der Waals surface area contributed by atoms with E-state index in [0.717, 1.165) is 15.7 Å². The van der Waals surface area contributed by atoms with Gasteiger partial charge in [0.05, 0.1) is 6.04 Å². The highest BCUT2D eigenvalue weighted by atomic mass is 79.9. The first-order valence-electron chi connectivity index (χ1n) is 6.89. The van der Waals surface area contributed by atoms with E-state index in [0.29, 0.717) is 6.54 Å². The van der Waals surface area contributed by atoms with E-state index < -0.39 is 0 Å². The highest BCUT2D eigenvalue weighted by Crippen LogP contribution is 2.32. The zero-order chi connectivity index (χ0) is 15.6. The van der Waals surface area contributed by atoms with Crippen molar-refractivity contribution < 1.29 is 4.39 Å². The first kappa shape index (κ1) is 16.0. The van der Waals surface area contributed by atoms with Gasteiger partial charge in [0.1, 0.15) is 5.82 Å². The third kappa shape index (κ3) is 3.44. The standard InChI is InChI=1S/C17H20BrFN2/c1-11-4-7-16(12(2)8-11)21(3)17(10-20)14-9-13(19)5-6-15(14)18/h4-9,17H,10,20H2,1-3H3. The van der Waals surface area contributed by atoms with Crippen LogP contribution in [0.25, 0.3) is 0 Å². The lowest BCUT2D eigenvalue weighted by Gasteiger charge is -2.31. The summed E-state index contributed by atoms with van der Waals surface area (Å²) in [5.41, 5.74) is 10.3. The molecule has 0 bridgehead atoms. The van der Waals surface area contributed by atoms with Gasteiger partial charge in [-0.3, -0.25) is 0 Å². The van der Waals surface area contributed by atoms with Crippen LogP contribution in [0.1, 0.15) is 22.7 Å². The van der Waals surface area contributed by atoms with Crippen molar-refractivity contribution >= 4 is 21.6 Å². The lowest BCUT2D eigenvalue weighted by atomic mass is 10.0. The molecule has 0 aromatic heterocycles. The molecule has 0 amide bonds. The van der Waals surface area contributed by atoms with Gasteiger partial charge >= 0.3 is 0 Å². The molecule has 112 valence electrons. The maximum atomic E-state index is 13.6. The summed E-state index contributed by atoms with van der Waals surface area (Å²) in [6.45, 7) is 4.55. The van der Waals surface area contributed by atoms with Crippen molar-refractivity contribution in [2.45, 2.75) is 19.9 Å². The smallest absolute Gasteiger partial charge is 0.123 e. The van der Waals surface area contributed by atoms with Gasteiger partial charge in [-0.05, 0) is 49.2 Å². The number of rotatable bonds is 4. The van der Waals surface area contributed by atoms with E-state index in [-0.39, 0.29) is 11.9 Å². The monoisotopic (exact) mass is 350 g/mol. The molecule has 0 heterocycles. The van der Waals surface area contributed by atoms with E-state index in [1.165, 1.54) is 17.2 Å². The molecule has 0 saturated heterocycles. The molecule has 1 unspecified atom stereocenters. The number of hydrogen-bond donors (Lipinski definition) is 1. The Kier molecular flexibility index (Phi) is 5.01. The normalized spacial score (nSPS) is 12.3. The molecule has 2 aromatic carbocycles. The first-order chi connectivity index (χ1) is 9.93. The van der Waals surface area contributed by atoms with Crippen LogP contribution in [0, 0.1) is 19.7 Å². The second-order valence-electron chi connectivity index (χ2n) is 5.32. The van der Waals surface area contributed by atoms with Gasteiger partial charge in [-0.1, -0.05) is 33.6 Å². The average molecular weight is 351 g/mol. The first-order valence-corrected chi connectivity index (χ1v) is 7.68. The summed E-state index contributed by atoms with van der Waals surface area (Å²) in [6.07, 6.45) is 0. The Morgan fingerprint density at radius 1 is 1.19 bits per heavy atom. The topological polar surface area (TPSA) is 29.3 Å². The highest BCUT2D eigenvalue weighted by molar-refractivity contribution is 9.10. The van der Waals surface area contributed by atoms with Crippen LogP contribution in [-0.2, 0) is 0 Å². The van der Waals surface area contributed by atoms with E-state index in [1.807, 2.05) is 7.05 Å². The van der Waals surface area contributed by atoms with E-state index in [2.05, 4.69) is 52.9 Å². The quantitative estimate of drug-likeness (QED) is 0.888. The summed E-state index contributed by atoms with van der Waals surface area (Å²) in [4.78, 5) is 2.11. The van der Waals surface area contributed by atoms with Crippen molar-refractivity contribution in [3.05, 3.63) is 63.4 Å². The van der Waals surface area contributed by atoms with E-state index >= 15 is 0 Å². The minimum Gasteiger partial charge on any atom is -0.366 e. The molecule has 0 radical (unpaired) electrons. The fourth-order valence-electron chi connectivity index (χ4n) is 2.63. The maximum Gasteiger partial charge on any atom is 0.123 e. The van der Waals surface area contributed by atoms with Crippen LogP contribution in [0.2, 0.25) is 0 Å². The summed E-state index contributed by atoms with van der Waals surface area (Å²) >= 11 is 3.49. The summed E-state index contributed by atoms with van der Waals surface area (Å²) in [5, 5.41) is 0. The third-order valence-corrected chi connectivity index (χ3v) is 4.46. The third-order valence-electron chi connectivity index (χ3n) is 3.74. The van der Waals surface area contributed by atoms with Gasteiger partial charge in [0.2, 0.25) is 0 Å². The average Bonchev–Trinajstić information content (AvgIpc) is 2.43. The van der Waals surface area contributed by atoms with Crippen LogP contribution >= 0.6 is 15.9 Å². The molecule has 0 fully saturated rings. The highest BCUT2D eigenvalue weighted by Gasteiger charge is 2.20. The predicted octanol–water partition coefficient (Wildman–Crippen LogP) is 4.34. The largest absolute Gasteiger partial charge is 0.366 e. The number of halogens is 2. The van der Waals surface area contributed by atoms with Crippen molar-refractivity contribution in [1.29, 1.82) is 0 Å². The van der Waals surface area contributed by atoms with Crippen LogP contribution in [-0.4, -0.2) is 13.6 Å². The Morgan fingerprint density at radius 3 is 2.52 bits per heavy atom. The Balaban J connectivity index is 2.43. The molecule has 2 N–H and O–H groups in total. The summed E-state index contributed by atoms with van der Waals surface area (Å²) in [5.74, 6) is -0.249. The van der Waals surface area contributed by atoms with Crippen LogP contribution in [0.4, 0.5) is 10.1 Å². The van der Waals surface area contributed by atoms with Gasteiger partial charge in [-0.15, -0.1) is 0 Å². The SMILES string of the molecule is Cc1ccc(N(C)C(CN)c2cc(F)ccc2Br)c(C)c1. The van der Waals surface area contributed by atoms with Crippen LogP contribution < -0.4 is 10.6 Å².